The fraction of sp³-hybridized carbons (Fsp3) is 0.500. The Morgan fingerprint density at radius 2 is 2.05 bits per heavy atom. The zero-order chi connectivity index (χ0) is 15.7. The zero-order valence-corrected chi connectivity index (χ0v) is 12.7. The highest BCUT2D eigenvalue weighted by molar-refractivity contribution is 7.91. The van der Waals surface area contributed by atoms with Crippen LogP contribution >= 0.6 is 0 Å². The Morgan fingerprint density at radius 3 is 2.57 bits per heavy atom. The molecule has 0 saturated carbocycles. The van der Waals surface area contributed by atoms with Gasteiger partial charge in [-0.15, -0.1) is 0 Å². The zero-order valence-electron chi connectivity index (χ0n) is 11.9. The number of hydrogen-bond acceptors (Lipinski definition) is 5. The molecule has 1 unspecified atom stereocenters. The highest BCUT2D eigenvalue weighted by Gasteiger charge is 2.40. The summed E-state index contributed by atoms with van der Waals surface area (Å²) in [4.78, 5) is 12.1. The lowest BCUT2D eigenvalue weighted by atomic mass is 10.00. The van der Waals surface area contributed by atoms with Gasteiger partial charge in [-0.1, -0.05) is 12.1 Å². The molecule has 1 fully saturated rings. The Kier molecular flexibility index (Phi) is 4.25. The lowest BCUT2D eigenvalue weighted by molar-refractivity contribution is -0.123. The molecule has 0 aliphatic carbocycles. The summed E-state index contributed by atoms with van der Waals surface area (Å²) in [5, 5.41) is 12.0. The molecule has 1 aromatic carbocycles. The monoisotopic (exact) mass is 312 g/mol. The Balaban J connectivity index is 1.95. The fourth-order valence-electron chi connectivity index (χ4n) is 2.48. The highest BCUT2D eigenvalue weighted by atomic mass is 32.2. The van der Waals surface area contributed by atoms with E-state index in [-0.39, 0.29) is 23.2 Å². The van der Waals surface area contributed by atoms with Crippen molar-refractivity contribution in [3.63, 3.8) is 0 Å². The van der Waals surface area contributed by atoms with Crippen molar-refractivity contribution in [2.45, 2.75) is 31.3 Å². The molecule has 2 atom stereocenters. The Bertz CT molecular complexity index is 627. The number of carbonyl (C=O) groups is 1. The summed E-state index contributed by atoms with van der Waals surface area (Å²) >= 11 is 0. The number of hydrogen-bond donors (Lipinski definition) is 3. The lowest BCUT2D eigenvalue weighted by Gasteiger charge is -2.26. The van der Waals surface area contributed by atoms with Gasteiger partial charge in [0.1, 0.15) is 5.75 Å². The van der Waals surface area contributed by atoms with Gasteiger partial charge in [0.2, 0.25) is 5.91 Å². The lowest BCUT2D eigenvalue weighted by Crippen LogP contribution is -2.53. The van der Waals surface area contributed by atoms with E-state index in [0.29, 0.717) is 12.8 Å². The topological polar surface area (TPSA) is 109 Å². The molecule has 0 bridgehead atoms. The predicted octanol–water partition coefficient (Wildman–Crippen LogP) is -0.0446. The summed E-state index contributed by atoms with van der Waals surface area (Å²) in [5.74, 6) is -0.155. The maximum atomic E-state index is 12.1. The van der Waals surface area contributed by atoms with Crippen LogP contribution < -0.4 is 11.1 Å². The molecule has 0 radical (unpaired) electrons. The summed E-state index contributed by atoms with van der Waals surface area (Å²) in [6.45, 7) is 1.72. The maximum absolute atomic E-state index is 12.1. The van der Waals surface area contributed by atoms with Crippen LogP contribution in [0.5, 0.6) is 5.75 Å². The molecule has 1 aliphatic rings. The van der Waals surface area contributed by atoms with E-state index >= 15 is 0 Å². The molecular formula is C14H20N2O4S. The van der Waals surface area contributed by atoms with E-state index < -0.39 is 21.4 Å². The van der Waals surface area contributed by atoms with Gasteiger partial charge in [0, 0.05) is 0 Å². The number of carbonyl (C=O) groups excluding carboxylic acids is 1. The van der Waals surface area contributed by atoms with Crippen LogP contribution in [0.1, 0.15) is 18.9 Å². The van der Waals surface area contributed by atoms with Crippen LogP contribution in [0.3, 0.4) is 0 Å². The number of amides is 1. The highest BCUT2D eigenvalue weighted by Crippen LogP contribution is 2.23. The van der Waals surface area contributed by atoms with Crippen molar-refractivity contribution in [3.8, 4) is 5.75 Å². The number of nitrogens with two attached hydrogens (primary N) is 1. The van der Waals surface area contributed by atoms with Crippen molar-refractivity contribution in [1.29, 1.82) is 0 Å². The second-order valence-corrected chi connectivity index (χ2v) is 8.05. The fourth-order valence-corrected chi connectivity index (χ4v) is 4.57. The van der Waals surface area contributed by atoms with Gasteiger partial charge in [-0.05, 0) is 37.5 Å². The van der Waals surface area contributed by atoms with Crippen molar-refractivity contribution in [3.05, 3.63) is 29.8 Å². The van der Waals surface area contributed by atoms with Crippen LogP contribution in [0.25, 0.3) is 0 Å². The quantitative estimate of drug-likeness (QED) is 0.722. The van der Waals surface area contributed by atoms with Crippen LogP contribution in [0.15, 0.2) is 24.3 Å². The summed E-state index contributed by atoms with van der Waals surface area (Å²) in [5.41, 5.74) is 5.97. The third-order valence-electron chi connectivity index (χ3n) is 3.66. The first kappa shape index (κ1) is 15.8. The average Bonchev–Trinajstić information content (AvgIpc) is 2.66. The van der Waals surface area contributed by atoms with Crippen LogP contribution in [0.2, 0.25) is 0 Å². The second kappa shape index (κ2) is 5.65. The minimum Gasteiger partial charge on any atom is -0.508 e. The molecule has 21 heavy (non-hydrogen) atoms. The summed E-state index contributed by atoms with van der Waals surface area (Å²) in [6, 6.07) is 5.71. The number of nitrogens with one attached hydrogen (secondary N) is 1. The second-order valence-electron chi connectivity index (χ2n) is 5.87. The average molecular weight is 312 g/mol. The van der Waals surface area contributed by atoms with Crippen molar-refractivity contribution >= 4 is 15.7 Å². The van der Waals surface area contributed by atoms with Crippen LogP contribution in [0.4, 0.5) is 0 Å². The molecule has 1 saturated heterocycles. The summed E-state index contributed by atoms with van der Waals surface area (Å²) < 4.78 is 23.0. The van der Waals surface area contributed by atoms with E-state index in [1.54, 1.807) is 19.1 Å². The molecule has 1 amide bonds. The predicted molar refractivity (Wildman–Crippen MR) is 79.6 cm³/mol. The Labute approximate surface area is 124 Å². The van der Waals surface area contributed by atoms with E-state index in [2.05, 4.69) is 5.32 Å². The Hall–Kier alpha value is -1.60. The molecule has 1 aromatic rings. The van der Waals surface area contributed by atoms with Gasteiger partial charge >= 0.3 is 0 Å². The normalized spacial score (nSPS) is 25.4. The molecule has 116 valence electrons. The van der Waals surface area contributed by atoms with Crippen molar-refractivity contribution in [1.82, 2.24) is 5.32 Å². The molecular weight excluding hydrogens is 292 g/mol. The van der Waals surface area contributed by atoms with Crippen LogP contribution in [-0.2, 0) is 21.1 Å². The molecule has 2 rings (SSSR count). The first-order valence-corrected chi connectivity index (χ1v) is 8.57. The van der Waals surface area contributed by atoms with Gasteiger partial charge in [-0.2, -0.15) is 0 Å². The van der Waals surface area contributed by atoms with Crippen molar-refractivity contribution in [2.24, 2.45) is 5.73 Å². The number of aromatic hydroxyl groups is 1. The minimum absolute atomic E-state index is 0.0440. The van der Waals surface area contributed by atoms with E-state index in [1.165, 1.54) is 12.1 Å². The molecule has 4 N–H and O–H groups in total. The molecule has 6 nitrogen and oxygen atoms in total. The maximum Gasteiger partial charge on any atom is 0.237 e. The van der Waals surface area contributed by atoms with E-state index in [4.69, 9.17) is 5.73 Å². The third-order valence-corrected chi connectivity index (χ3v) is 5.56. The van der Waals surface area contributed by atoms with Gasteiger partial charge in [-0.25, -0.2) is 8.42 Å². The number of sulfone groups is 1. The van der Waals surface area contributed by atoms with Gasteiger partial charge in [-0.3, -0.25) is 4.79 Å². The number of phenolic OH excluding ortho intramolecular Hbond substituents is 1. The summed E-state index contributed by atoms with van der Waals surface area (Å²) in [6.07, 6.45) is 0.738. The van der Waals surface area contributed by atoms with Crippen molar-refractivity contribution in [2.75, 3.05) is 11.5 Å². The molecule has 0 spiro atoms. The van der Waals surface area contributed by atoms with Crippen LogP contribution in [0, 0.1) is 0 Å². The van der Waals surface area contributed by atoms with E-state index in [1.807, 2.05) is 0 Å². The standard InChI is InChI=1S/C14H20N2O4S/c1-14(6-7-21(19,20)9-14)16-13(18)12(15)8-10-2-4-11(17)5-3-10/h2-5,12,17H,6-9,15H2,1H3,(H,16,18)/t12-,14?/m0/s1. The minimum atomic E-state index is -3.07. The van der Waals surface area contributed by atoms with Gasteiger partial charge in [0.25, 0.3) is 0 Å². The summed E-state index contributed by atoms with van der Waals surface area (Å²) in [7, 11) is -3.07. The first-order valence-electron chi connectivity index (χ1n) is 6.75. The Morgan fingerprint density at radius 1 is 1.43 bits per heavy atom. The largest absolute Gasteiger partial charge is 0.508 e. The molecule has 7 heteroatoms. The first-order chi connectivity index (χ1) is 9.69. The van der Waals surface area contributed by atoms with Gasteiger partial charge in [0.05, 0.1) is 23.1 Å². The van der Waals surface area contributed by atoms with Crippen LogP contribution in [-0.4, -0.2) is 42.5 Å². The molecule has 0 aromatic heterocycles. The number of rotatable bonds is 4. The molecule has 1 aliphatic heterocycles. The SMILES string of the molecule is CC1(NC(=O)[C@@H](N)Cc2ccc(O)cc2)CCS(=O)(=O)C1. The van der Waals surface area contributed by atoms with E-state index in [9.17, 15) is 18.3 Å². The van der Waals surface area contributed by atoms with E-state index in [0.717, 1.165) is 5.56 Å². The third kappa shape index (κ3) is 4.18. The number of phenols is 1. The number of benzene rings is 1. The van der Waals surface area contributed by atoms with Gasteiger partial charge < -0.3 is 16.2 Å². The smallest absolute Gasteiger partial charge is 0.237 e. The van der Waals surface area contributed by atoms with Crippen molar-refractivity contribution < 1.29 is 18.3 Å². The van der Waals surface area contributed by atoms with Gasteiger partial charge in [0.15, 0.2) is 9.84 Å². The molecule has 1 heterocycles.